The summed E-state index contributed by atoms with van der Waals surface area (Å²) in [5.74, 6) is -0.164. The zero-order valence-electron chi connectivity index (χ0n) is 10.6. The average Bonchev–Trinajstić information content (AvgIpc) is 2.30. The molecular weight excluding hydrogens is 232 g/mol. The molecule has 1 fully saturated rings. The molecule has 3 N–H and O–H groups in total. The van der Waals surface area contributed by atoms with Gasteiger partial charge in [0.1, 0.15) is 5.75 Å². The predicted molar refractivity (Wildman–Crippen MR) is 68.4 cm³/mol. The van der Waals surface area contributed by atoms with Crippen LogP contribution in [0.4, 0.5) is 5.69 Å². The number of ether oxygens (including phenoxy) is 1. The fourth-order valence-electron chi connectivity index (χ4n) is 2.20. The Morgan fingerprint density at radius 1 is 1.39 bits per heavy atom. The summed E-state index contributed by atoms with van der Waals surface area (Å²) in [7, 11) is 0. The van der Waals surface area contributed by atoms with Gasteiger partial charge in [-0.1, -0.05) is 0 Å². The number of rotatable bonds is 1. The number of carbonyl (C=O) groups excluding carboxylic acids is 1. The highest BCUT2D eigenvalue weighted by Crippen LogP contribution is 2.22. The molecule has 98 valence electrons. The Morgan fingerprint density at radius 2 is 2.00 bits per heavy atom. The van der Waals surface area contributed by atoms with Crippen LogP contribution in [0.3, 0.4) is 0 Å². The standard InChI is InChI=1S/C13H18N2O3/c1-8-6-15(7-9(2)18-8)13(17)10-3-4-11(14)12(16)5-10/h3-5,8-9,16H,6-7,14H2,1-2H3. The van der Waals surface area contributed by atoms with Crippen LogP contribution in [0.25, 0.3) is 0 Å². The first-order chi connectivity index (χ1) is 8.47. The number of nitrogen functional groups attached to an aromatic ring is 1. The van der Waals surface area contributed by atoms with Gasteiger partial charge < -0.3 is 20.5 Å². The van der Waals surface area contributed by atoms with E-state index in [2.05, 4.69) is 0 Å². The van der Waals surface area contributed by atoms with E-state index in [0.717, 1.165) is 0 Å². The number of benzene rings is 1. The van der Waals surface area contributed by atoms with Crippen molar-refractivity contribution in [2.45, 2.75) is 26.1 Å². The van der Waals surface area contributed by atoms with E-state index in [0.29, 0.717) is 18.7 Å². The summed E-state index contributed by atoms with van der Waals surface area (Å²) in [5.41, 5.74) is 6.24. The SMILES string of the molecule is CC1CN(C(=O)c2ccc(N)c(O)c2)CC(C)O1. The zero-order chi connectivity index (χ0) is 13.3. The molecule has 5 heteroatoms. The number of aromatic hydroxyl groups is 1. The van der Waals surface area contributed by atoms with Crippen molar-refractivity contribution in [3.63, 3.8) is 0 Å². The van der Waals surface area contributed by atoms with Gasteiger partial charge in [-0.25, -0.2) is 0 Å². The summed E-state index contributed by atoms with van der Waals surface area (Å²) in [4.78, 5) is 14.0. The molecule has 0 aliphatic carbocycles. The van der Waals surface area contributed by atoms with E-state index in [1.54, 1.807) is 11.0 Å². The van der Waals surface area contributed by atoms with Crippen LogP contribution in [-0.2, 0) is 4.74 Å². The van der Waals surface area contributed by atoms with Crippen molar-refractivity contribution in [2.24, 2.45) is 0 Å². The lowest BCUT2D eigenvalue weighted by Crippen LogP contribution is -2.48. The van der Waals surface area contributed by atoms with Crippen molar-refractivity contribution >= 4 is 11.6 Å². The van der Waals surface area contributed by atoms with Crippen molar-refractivity contribution in [2.75, 3.05) is 18.8 Å². The quantitative estimate of drug-likeness (QED) is 0.580. The summed E-state index contributed by atoms with van der Waals surface area (Å²) >= 11 is 0. The molecule has 0 spiro atoms. The van der Waals surface area contributed by atoms with Gasteiger partial charge in [-0.15, -0.1) is 0 Å². The molecule has 1 amide bonds. The maximum Gasteiger partial charge on any atom is 0.254 e. The van der Waals surface area contributed by atoms with Crippen LogP contribution in [0, 0.1) is 0 Å². The van der Waals surface area contributed by atoms with E-state index < -0.39 is 0 Å². The lowest BCUT2D eigenvalue weighted by molar-refractivity contribution is -0.0586. The Hall–Kier alpha value is -1.75. The number of nitrogens with two attached hydrogens (primary N) is 1. The molecule has 2 rings (SSSR count). The highest BCUT2D eigenvalue weighted by molar-refractivity contribution is 5.95. The van der Waals surface area contributed by atoms with E-state index in [4.69, 9.17) is 10.5 Å². The third kappa shape index (κ3) is 2.56. The Kier molecular flexibility index (Phi) is 3.43. The summed E-state index contributed by atoms with van der Waals surface area (Å²) in [5, 5.41) is 9.53. The van der Waals surface area contributed by atoms with Crippen LogP contribution >= 0.6 is 0 Å². The number of carbonyl (C=O) groups is 1. The van der Waals surface area contributed by atoms with Crippen LogP contribution < -0.4 is 5.73 Å². The number of hydrogen-bond donors (Lipinski definition) is 2. The molecule has 2 atom stereocenters. The maximum atomic E-state index is 12.3. The second-order valence-corrected chi connectivity index (χ2v) is 4.74. The molecule has 0 aromatic heterocycles. The smallest absolute Gasteiger partial charge is 0.254 e. The Balaban J connectivity index is 2.17. The molecular formula is C13H18N2O3. The average molecular weight is 250 g/mol. The molecule has 1 heterocycles. The molecule has 0 bridgehead atoms. The van der Waals surface area contributed by atoms with E-state index in [9.17, 15) is 9.90 Å². The van der Waals surface area contributed by atoms with Gasteiger partial charge in [0.25, 0.3) is 5.91 Å². The summed E-state index contributed by atoms with van der Waals surface area (Å²) in [6.07, 6.45) is 0.0557. The number of nitrogens with zero attached hydrogens (tertiary/aromatic N) is 1. The fourth-order valence-corrected chi connectivity index (χ4v) is 2.20. The first-order valence-electron chi connectivity index (χ1n) is 6.00. The normalized spacial score (nSPS) is 24.0. The minimum Gasteiger partial charge on any atom is -0.506 e. The lowest BCUT2D eigenvalue weighted by atomic mass is 10.1. The third-order valence-corrected chi connectivity index (χ3v) is 2.98. The van der Waals surface area contributed by atoms with Crippen LogP contribution in [-0.4, -0.2) is 41.2 Å². The highest BCUT2D eigenvalue weighted by Gasteiger charge is 2.26. The fraction of sp³-hybridized carbons (Fsp3) is 0.462. The molecule has 1 aliphatic heterocycles. The van der Waals surface area contributed by atoms with Gasteiger partial charge in [0, 0.05) is 18.7 Å². The minimum absolute atomic E-state index is 0.0279. The minimum atomic E-state index is -0.104. The highest BCUT2D eigenvalue weighted by atomic mass is 16.5. The molecule has 1 aliphatic rings. The molecule has 1 saturated heterocycles. The van der Waals surface area contributed by atoms with Gasteiger partial charge >= 0.3 is 0 Å². The second-order valence-electron chi connectivity index (χ2n) is 4.74. The van der Waals surface area contributed by atoms with E-state index in [1.165, 1.54) is 12.1 Å². The van der Waals surface area contributed by atoms with Crippen molar-refractivity contribution in [1.82, 2.24) is 4.90 Å². The van der Waals surface area contributed by atoms with Crippen molar-refractivity contribution in [3.8, 4) is 5.75 Å². The largest absolute Gasteiger partial charge is 0.506 e. The number of phenolic OH excluding ortho intramolecular Hbond substituents is 1. The predicted octanol–water partition coefficient (Wildman–Crippen LogP) is 1.22. The Morgan fingerprint density at radius 3 is 2.56 bits per heavy atom. The lowest BCUT2D eigenvalue weighted by Gasteiger charge is -2.35. The summed E-state index contributed by atoms with van der Waals surface area (Å²) in [6, 6.07) is 4.57. The Bertz CT molecular complexity index is 452. The molecule has 0 radical (unpaired) electrons. The van der Waals surface area contributed by atoms with Gasteiger partial charge in [0.15, 0.2) is 0 Å². The van der Waals surface area contributed by atoms with E-state index >= 15 is 0 Å². The van der Waals surface area contributed by atoms with Crippen molar-refractivity contribution in [1.29, 1.82) is 0 Å². The number of morpholine rings is 1. The molecule has 1 aromatic rings. The first kappa shape index (κ1) is 12.7. The molecule has 18 heavy (non-hydrogen) atoms. The van der Waals surface area contributed by atoms with Crippen molar-refractivity contribution in [3.05, 3.63) is 23.8 Å². The van der Waals surface area contributed by atoms with E-state index in [1.807, 2.05) is 13.8 Å². The van der Waals surface area contributed by atoms with Gasteiger partial charge in [-0.2, -0.15) is 0 Å². The van der Waals surface area contributed by atoms with Gasteiger partial charge in [0.05, 0.1) is 17.9 Å². The monoisotopic (exact) mass is 250 g/mol. The van der Waals surface area contributed by atoms with Crippen LogP contribution in [0.15, 0.2) is 18.2 Å². The summed E-state index contributed by atoms with van der Waals surface area (Å²) < 4.78 is 5.58. The molecule has 0 saturated carbocycles. The van der Waals surface area contributed by atoms with Crippen LogP contribution in [0.2, 0.25) is 0 Å². The number of hydrogen-bond acceptors (Lipinski definition) is 4. The number of amides is 1. The maximum absolute atomic E-state index is 12.3. The van der Waals surface area contributed by atoms with E-state index in [-0.39, 0.29) is 29.6 Å². The number of phenols is 1. The van der Waals surface area contributed by atoms with Crippen LogP contribution in [0.5, 0.6) is 5.75 Å². The third-order valence-electron chi connectivity index (χ3n) is 2.98. The molecule has 2 unspecified atom stereocenters. The zero-order valence-corrected chi connectivity index (χ0v) is 10.6. The van der Waals surface area contributed by atoms with Gasteiger partial charge in [0.2, 0.25) is 0 Å². The first-order valence-corrected chi connectivity index (χ1v) is 6.00. The molecule has 5 nitrogen and oxygen atoms in total. The number of anilines is 1. The molecule has 1 aromatic carbocycles. The second kappa shape index (κ2) is 4.86. The summed E-state index contributed by atoms with van der Waals surface area (Å²) in [6.45, 7) is 5.01. The van der Waals surface area contributed by atoms with Crippen molar-refractivity contribution < 1.29 is 14.6 Å². The van der Waals surface area contributed by atoms with Gasteiger partial charge in [-0.05, 0) is 32.0 Å². The van der Waals surface area contributed by atoms with Gasteiger partial charge in [-0.3, -0.25) is 4.79 Å². The Labute approximate surface area is 106 Å². The topological polar surface area (TPSA) is 75.8 Å². The van der Waals surface area contributed by atoms with Crippen LogP contribution in [0.1, 0.15) is 24.2 Å².